The van der Waals surface area contributed by atoms with Crippen molar-refractivity contribution in [1.82, 2.24) is 10.3 Å². The Morgan fingerprint density at radius 1 is 1.31 bits per heavy atom. The van der Waals surface area contributed by atoms with Gasteiger partial charge in [0.2, 0.25) is 5.91 Å². The highest BCUT2D eigenvalue weighted by Gasteiger charge is 2.23. The number of carbonyl (C=O) groups is 2. The molecular formula is C17H19Cl2N3O2S2. The molecule has 1 atom stereocenters. The average Bonchev–Trinajstić information content (AvgIpc) is 2.88. The number of aromatic nitrogens is 1. The zero-order chi connectivity index (χ0) is 19.3. The molecule has 0 bridgehead atoms. The Morgan fingerprint density at radius 2 is 2.04 bits per heavy atom. The lowest BCUT2D eigenvalue weighted by atomic mass is 10.1. The highest BCUT2D eigenvalue weighted by atomic mass is 35.5. The minimum Gasteiger partial charge on any atom is -0.340 e. The van der Waals surface area contributed by atoms with Crippen LogP contribution in [0.2, 0.25) is 10.0 Å². The average molecular weight is 432 g/mol. The summed E-state index contributed by atoms with van der Waals surface area (Å²) < 4.78 is 0. The number of nitrogens with one attached hydrogen (secondary N) is 2. The quantitative estimate of drug-likeness (QED) is 0.673. The molecule has 2 rings (SSSR count). The van der Waals surface area contributed by atoms with Crippen LogP contribution in [0.1, 0.15) is 27.3 Å². The third-order valence-corrected chi connectivity index (χ3v) is 5.85. The maximum atomic E-state index is 12.6. The van der Waals surface area contributed by atoms with Crippen LogP contribution in [0.25, 0.3) is 0 Å². The first-order valence-corrected chi connectivity index (χ1v) is 10.8. The number of halogens is 2. The monoisotopic (exact) mass is 431 g/mol. The highest BCUT2D eigenvalue weighted by molar-refractivity contribution is 7.98. The smallest absolute Gasteiger partial charge is 0.253 e. The predicted molar refractivity (Wildman–Crippen MR) is 111 cm³/mol. The van der Waals surface area contributed by atoms with Gasteiger partial charge >= 0.3 is 0 Å². The molecule has 0 saturated carbocycles. The standard InChI is InChI=1S/C17H19Cl2N3O2S2/c1-9-10(2)26-17(20-9)22-16(24)14(6-7-25-3)21-15(23)12-5-4-11(18)8-13(12)19/h4-5,8,14H,6-7H2,1-3H3,(H,21,23)(H,20,22,24). The summed E-state index contributed by atoms with van der Waals surface area (Å²) in [6, 6.07) is 3.93. The SMILES string of the molecule is CSCCC(NC(=O)c1ccc(Cl)cc1Cl)C(=O)Nc1nc(C)c(C)s1. The molecule has 5 nitrogen and oxygen atoms in total. The van der Waals surface area contributed by atoms with E-state index in [-0.39, 0.29) is 16.5 Å². The lowest BCUT2D eigenvalue weighted by Gasteiger charge is -2.18. The normalized spacial score (nSPS) is 11.9. The summed E-state index contributed by atoms with van der Waals surface area (Å²) >= 11 is 15.0. The molecule has 0 fully saturated rings. The maximum absolute atomic E-state index is 12.6. The van der Waals surface area contributed by atoms with E-state index < -0.39 is 11.9 Å². The van der Waals surface area contributed by atoms with E-state index in [9.17, 15) is 9.59 Å². The zero-order valence-corrected chi connectivity index (χ0v) is 17.7. The van der Waals surface area contributed by atoms with Crippen LogP contribution in [0.3, 0.4) is 0 Å². The van der Waals surface area contributed by atoms with Crippen LogP contribution < -0.4 is 10.6 Å². The van der Waals surface area contributed by atoms with Crippen molar-refractivity contribution in [3.63, 3.8) is 0 Å². The molecule has 1 aromatic carbocycles. The van der Waals surface area contributed by atoms with Gasteiger partial charge < -0.3 is 10.6 Å². The number of nitrogens with zero attached hydrogens (tertiary/aromatic N) is 1. The summed E-state index contributed by atoms with van der Waals surface area (Å²) in [7, 11) is 0. The van der Waals surface area contributed by atoms with Gasteiger partial charge in [0.15, 0.2) is 5.13 Å². The lowest BCUT2D eigenvalue weighted by Crippen LogP contribution is -2.44. The van der Waals surface area contributed by atoms with Crippen LogP contribution in [-0.2, 0) is 4.79 Å². The second-order valence-corrected chi connectivity index (χ2v) is 8.61. The Balaban J connectivity index is 2.12. The van der Waals surface area contributed by atoms with Crippen LogP contribution in [0.15, 0.2) is 18.2 Å². The van der Waals surface area contributed by atoms with Gasteiger partial charge in [-0.25, -0.2) is 4.98 Å². The highest BCUT2D eigenvalue weighted by Crippen LogP contribution is 2.23. The number of aryl methyl sites for hydroxylation is 2. The maximum Gasteiger partial charge on any atom is 0.253 e. The molecule has 0 spiro atoms. The van der Waals surface area contributed by atoms with Gasteiger partial charge in [0.05, 0.1) is 16.3 Å². The summed E-state index contributed by atoms with van der Waals surface area (Å²) in [5.74, 6) is 0.00786. The van der Waals surface area contributed by atoms with Crippen LogP contribution in [0, 0.1) is 13.8 Å². The molecule has 140 valence electrons. The molecule has 26 heavy (non-hydrogen) atoms. The molecule has 2 amide bonds. The van der Waals surface area contributed by atoms with E-state index in [1.807, 2.05) is 20.1 Å². The van der Waals surface area contributed by atoms with E-state index in [4.69, 9.17) is 23.2 Å². The Kier molecular flexibility index (Phi) is 7.76. The van der Waals surface area contributed by atoms with Crippen molar-refractivity contribution in [2.75, 3.05) is 17.3 Å². The first-order valence-electron chi connectivity index (χ1n) is 7.81. The molecule has 2 aromatic rings. The van der Waals surface area contributed by atoms with Crippen molar-refractivity contribution in [3.8, 4) is 0 Å². The van der Waals surface area contributed by atoms with Gasteiger partial charge in [0.1, 0.15) is 6.04 Å². The first kappa shape index (κ1) is 21.0. The van der Waals surface area contributed by atoms with E-state index in [2.05, 4.69) is 15.6 Å². The molecule has 0 aliphatic carbocycles. The number of benzene rings is 1. The minimum atomic E-state index is -0.689. The Morgan fingerprint density at radius 3 is 2.62 bits per heavy atom. The second-order valence-electron chi connectivity index (χ2n) is 5.58. The molecule has 9 heteroatoms. The van der Waals surface area contributed by atoms with E-state index in [0.29, 0.717) is 16.6 Å². The molecular weight excluding hydrogens is 413 g/mol. The van der Waals surface area contributed by atoms with Crippen molar-refractivity contribution >= 4 is 63.2 Å². The number of carbonyl (C=O) groups excluding carboxylic acids is 2. The Hall–Kier alpha value is -1.28. The molecule has 0 aliphatic rings. The van der Waals surface area contributed by atoms with E-state index in [1.54, 1.807) is 17.8 Å². The Labute approximate surface area is 170 Å². The summed E-state index contributed by atoms with van der Waals surface area (Å²) in [6.45, 7) is 3.83. The van der Waals surface area contributed by atoms with E-state index >= 15 is 0 Å². The minimum absolute atomic E-state index is 0.241. The van der Waals surface area contributed by atoms with Crippen molar-refractivity contribution in [1.29, 1.82) is 0 Å². The summed E-state index contributed by atoms with van der Waals surface area (Å²) in [5, 5.41) is 6.75. The lowest BCUT2D eigenvalue weighted by molar-refractivity contribution is -0.118. The van der Waals surface area contributed by atoms with E-state index in [0.717, 1.165) is 16.3 Å². The summed E-state index contributed by atoms with van der Waals surface area (Å²) in [4.78, 5) is 30.5. The van der Waals surface area contributed by atoms with Crippen LogP contribution in [0.4, 0.5) is 5.13 Å². The van der Waals surface area contributed by atoms with Crippen molar-refractivity contribution < 1.29 is 9.59 Å². The summed E-state index contributed by atoms with van der Waals surface area (Å²) in [5.41, 5.74) is 1.15. The number of hydrogen-bond acceptors (Lipinski definition) is 5. The van der Waals surface area contributed by atoms with Gasteiger partial charge in [0, 0.05) is 9.90 Å². The molecule has 0 saturated heterocycles. The van der Waals surface area contributed by atoms with E-state index in [1.165, 1.54) is 23.5 Å². The largest absolute Gasteiger partial charge is 0.340 e. The topological polar surface area (TPSA) is 71.1 Å². The second kappa shape index (κ2) is 9.60. The van der Waals surface area contributed by atoms with Crippen LogP contribution in [-0.4, -0.2) is 34.8 Å². The van der Waals surface area contributed by atoms with Crippen LogP contribution in [0.5, 0.6) is 0 Å². The third kappa shape index (κ3) is 5.61. The third-order valence-electron chi connectivity index (χ3n) is 3.67. The Bertz CT molecular complexity index is 792. The fraction of sp³-hybridized carbons (Fsp3) is 0.353. The molecule has 1 aromatic heterocycles. The van der Waals surface area contributed by atoms with Gasteiger partial charge in [0.25, 0.3) is 5.91 Å². The number of hydrogen-bond donors (Lipinski definition) is 2. The molecule has 2 N–H and O–H groups in total. The zero-order valence-electron chi connectivity index (χ0n) is 14.6. The van der Waals surface area contributed by atoms with Crippen molar-refractivity contribution in [2.45, 2.75) is 26.3 Å². The molecule has 1 heterocycles. The fourth-order valence-corrected chi connectivity index (χ4v) is 3.92. The van der Waals surface area contributed by atoms with Crippen molar-refractivity contribution in [3.05, 3.63) is 44.4 Å². The van der Waals surface area contributed by atoms with Gasteiger partial charge in [-0.2, -0.15) is 11.8 Å². The molecule has 1 unspecified atom stereocenters. The predicted octanol–water partition coefficient (Wildman–Crippen LogP) is 4.56. The van der Waals surface area contributed by atoms with Gasteiger partial charge in [-0.05, 0) is 50.5 Å². The molecule has 0 aliphatic heterocycles. The number of anilines is 1. The van der Waals surface area contributed by atoms with Gasteiger partial charge in [-0.1, -0.05) is 23.2 Å². The number of rotatable bonds is 7. The first-order chi connectivity index (χ1) is 12.3. The number of amides is 2. The fourth-order valence-electron chi connectivity index (χ4n) is 2.13. The number of thioether (sulfide) groups is 1. The number of thiazole rings is 1. The van der Waals surface area contributed by atoms with Crippen LogP contribution >= 0.6 is 46.3 Å². The van der Waals surface area contributed by atoms with Gasteiger partial charge in [-0.3, -0.25) is 9.59 Å². The van der Waals surface area contributed by atoms with Gasteiger partial charge in [-0.15, -0.1) is 11.3 Å². The summed E-state index contributed by atoms with van der Waals surface area (Å²) in [6.07, 6.45) is 2.44. The molecule has 0 radical (unpaired) electrons. The van der Waals surface area contributed by atoms with Crippen molar-refractivity contribution in [2.24, 2.45) is 0 Å².